The average molecular weight is 351 g/mol. The van der Waals surface area contributed by atoms with Gasteiger partial charge in [0, 0.05) is 6.07 Å². The maximum Gasteiger partial charge on any atom is 0.321 e. The summed E-state index contributed by atoms with van der Waals surface area (Å²) < 4.78 is 26.5. The quantitative estimate of drug-likeness (QED) is 0.546. The second-order valence-electron chi connectivity index (χ2n) is 4.50. The van der Waals surface area contributed by atoms with Crippen LogP contribution in [0.25, 0.3) is 0 Å². The fourth-order valence-electron chi connectivity index (χ4n) is 1.79. The van der Waals surface area contributed by atoms with Gasteiger partial charge in [0.05, 0.1) is 9.95 Å². The number of nitrogens with one attached hydrogen (secondary N) is 1. The van der Waals surface area contributed by atoms with Crippen LogP contribution in [-0.4, -0.2) is 30.5 Å². The van der Waals surface area contributed by atoms with Crippen LogP contribution in [-0.2, 0) is 14.8 Å². The fourth-order valence-corrected chi connectivity index (χ4v) is 3.72. The second-order valence-corrected chi connectivity index (χ2v) is 6.56. The minimum absolute atomic E-state index is 0.0727. The minimum atomic E-state index is -4.45. The number of sulfonamides is 1. The summed E-state index contributed by atoms with van der Waals surface area (Å²) in [6.07, 6.45) is 1.24. The summed E-state index contributed by atoms with van der Waals surface area (Å²) in [6.45, 7) is 1.83. The van der Waals surface area contributed by atoms with Crippen molar-refractivity contribution < 1.29 is 23.2 Å². The number of hydrogen-bond donors (Lipinski definition) is 2. The van der Waals surface area contributed by atoms with Crippen LogP contribution < -0.4 is 4.72 Å². The molecular weight excluding hydrogens is 336 g/mol. The molecule has 0 aliphatic rings. The second kappa shape index (κ2) is 7.52. The molecule has 122 valence electrons. The first-order valence-corrected chi connectivity index (χ1v) is 8.24. The summed E-state index contributed by atoms with van der Waals surface area (Å²) in [4.78, 5) is 20.5. The Balaban J connectivity index is 3.24. The highest BCUT2D eigenvalue weighted by molar-refractivity contribution is 7.89. The smallest absolute Gasteiger partial charge is 0.321 e. The van der Waals surface area contributed by atoms with E-state index in [1.807, 2.05) is 11.6 Å². The standard InChI is InChI=1S/C12H15ClN2O6S/c1-2-3-6-9(12(16)17)14-22(20,21)11-8(13)5-4-7-10(11)15(18)19/h4-5,7,9,14H,2-3,6H2,1H3,(H,16,17)/t9-/m0/s1. The van der Waals surface area contributed by atoms with Crippen LogP contribution in [0.2, 0.25) is 5.02 Å². The minimum Gasteiger partial charge on any atom is -0.480 e. The molecule has 1 aromatic carbocycles. The van der Waals surface area contributed by atoms with Crippen molar-refractivity contribution in [2.75, 3.05) is 0 Å². The van der Waals surface area contributed by atoms with Crippen LogP contribution in [0.15, 0.2) is 23.1 Å². The third-order valence-electron chi connectivity index (χ3n) is 2.85. The summed E-state index contributed by atoms with van der Waals surface area (Å²) in [5.74, 6) is -1.35. The van der Waals surface area contributed by atoms with Crippen LogP contribution in [0.5, 0.6) is 0 Å². The monoisotopic (exact) mass is 350 g/mol. The normalized spacial score (nSPS) is 12.8. The molecule has 1 rings (SSSR count). The zero-order valence-corrected chi connectivity index (χ0v) is 13.2. The van der Waals surface area contributed by atoms with Crippen molar-refractivity contribution in [3.05, 3.63) is 33.3 Å². The van der Waals surface area contributed by atoms with Gasteiger partial charge in [-0.25, -0.2) is 8.42 Å². The Morgan fingerprint density at radius 3 is 2.64 bits per heavy atom. The number of unbranched alkanes of at least 4 members (excludes halogenated alkanes) is 1. The molecule has 0 spiro atoms. The van der Waals surface area contributed by atoms with Gasteiger partial charge in [0.1, 0.15) is 6.04 Å². The third kappa shape index (κ3) is 4.39. The summed E-state index contributed by atoms with van der Waals surface area (Å²) in [5, 5.41) is 19.7. The van der Waals surface area contributed by atoms with Gasteiger partial charge in [0.25, 0.3) is 5.69 Å². The number of nitro groups is 1. The molecule has 0 bridgehead atoms. The highest BCUT2D eigenvalue weighted by atomic mass is 35.5. The Morgan fingerprint density at radius 1 is 1.50 bits per heavy atom. The lowest BCUT2D eigenvalue weighted by molar-refractivity contribution is -0.387. The molecule has 2 N–H and O–H groups in total. The number of nitro benzene ring substituents is 1. The van der Waals surface area contributed by atoms with Gasteiger partial charge < -0.3 is 5.11 Å². The Bertz CT molecular complexity index is 676. The van der Waals surface area contributed by atoms with E-state index in [4.69, 9.17) is 16.7 Å². The molecule has 22 heavy (non-hydrogen) atoms. The van der Waals surface area contributed by atoms with E-state index in [1.54, 1.807) is 0 Å². The van der Waals surface area contributed by atoms with Crippen LogP contribution in [0.3, 0.4) is 0 Å². The molecule has 1 atom stereocenters. The zero-order valence-electron chi connectivity index (χ0n) is 11.7. The van der Waals surface area contributed by atoms with Gasteiger partial charge in [-0.2, -0.15) is 4.72 Å². The van der Waals surface area contributed by atoms with Gasteiger partial charge in [-0.1, -0.05) is 37.4 Å². The van der Waals surface area contributed by atoms with E-state index < -0.39 is 37.5 Å². The van der Waals surface area contributed by atoms with Crippen molar-refractivity contribution in [1.29, 1.82) is 0 Å². The van der Waals surface area contributed by atoms with E-state index in [-0.39, 0.29) is 11.4 Å². The first-order valence-electron chi connectivity index (χ1n) is 6.38. The van der Waals surface area contributed by atoms with Crippen LogP contribution in [0.4, 0.5) is 5.69 Å². The zero-order chi connectivity index (χ0) is 16.9. The molecule has 0 unspecified atom stereocenters. The van der Waals surface area contributed by atoms with Crippen LogP contribution >= 0.6 is 11.6 Å². The van der Waals surface area contributed by atoms with Crippen molar-refractivity contribution in [2.45, 2.75) is 37.1 Å². The third-order valence-corrected chi connectivity index (χ3v) is 4.84. The summed E-state index contributed by atoms with van der Waals surface area (Å²) in [7, 11) is -4.45. The molecule has 0 aliphatic carbocycles. The lowest BCUT2D eigenvalue weighted by Gasteiger charge is -2.15. The first-order chi connectivity index (χ1) is 10.2. The van der Waals surface area contributed by atoms with Gasteiger partial charge in [0.2, 0.25) is 10.0 Å². The van der Waals surface area contributed by atoms with Gasteiger partial charge in [0.15, 0.2) is 4.90 Å². The maximum atomic E-state index is 12.3. The van der Waals surface area contributed by atoms with Crippen molar-refractivity contribution in [3.8, 4) is 0 Å². The number of nitrogens with zero attached hydrogens (tertiary/aromatic N) is 1. The van der Waals surface area contributed by atoms with Gasteiger partial charge in [-0.3, -0.25) is 14.9 Å². The predicted octanol–water partition coefficient (Wildman–Crippen LogP) is 2.17. The Kier molecular flexibility index (Phi) is 6.27. The molecule has 0 saturated carbocycles. The van der Waals surface area contributed by atoms with Gasteiger partial charge in [-0.05, 0) is 12.5 Å². The predicted molar refractivity (Wildman–Crippen MR) is 79.4 cm³/mol. The summed E-state index contributed by atoms with van der Waals surface area (Å²) in [5.41, 5.74) is -0.709. The largest absolute Gasteiger partial charge is 0.480 e. The first kappa shape index (κ1) is 18.3. The molecular formula is C12H15ClN2O6S. The summed E-state index contributed by atoms with van der Waals surface area (Å²) in [6, 6.07) is 2.04. The Labute approximate surface area is 132 Å². The van der Waals surface area contributed by atoms with Crippen LogP contribution in [0, 0.1) is 10.1 Å². The van der Waals surface area contributed by atoms with Crippen molar-refractivity contribution in [2.24, 2.45) is 0 Å². The maximum absolute atomic E-state index is 12.3. The molecule has 0 radical (unpaired) electrons. The average Bonchev–Trinajstić information content (AvgIpc) is 2.42. The van der Waals surface area contributed by atoms with E-state index in [1.165, 1.54) is 12.1 Å². The number of rotatable bonds is 8. The van der Waals surface area contributed by atoms with Crippen molar-refractivity contribution >= 4 is 33.3 Å². The molecule has 0 aliphatic heterocycles. The van der Waals surface area contributed by atoms with E-state index in [2.05, 4.69) is 0 Å². The van der Waals surface area contributed by atoms with E-state index >= 15 is 0 Å². The van der Waals surface area contributed by atoms with Crippen LogP contribution in [0.1, 0.15) is 26.2 Å². The van der Waals surface area contributed by atoms with Crippen molar-refractivity contribution in [3.63, 3.8) is 0 Å². The summed E-state index contributed by atoms with van der Waals surface area (Å²) >= 11 is 5.75. The number of benzene rings is 1. The Hall–Kier alpha value is -1.71. The topological polar surface area (TPSA) is 127 Å². The molecule has 1 aromatic rings. The van der Waals surface area contributed by atoms with Crippen molar-refractivity contribution in [1.82, 2.24) is 4.72 Å². The SMILES string of the molecule is CCCC[C@H](NS(=O)(=O)c1c(Cl)cccc1[N+](=O)[O-])C(=O)O. The number of hydrogen-bond acceptors (Lipinski definition) is 5. The lowest BCUT2D eigenvalue weighted by Crippen LogP contribution is -2.40. The molecule has 0 amide bonds. The number of carboxylic acids is 1. The van der Waals surface area contributed by atoms with E-state index in [0.717, 1.165) is 6.07 Å². The van der Waals surface area contributed by atoms with E-state index in [9.17, 15) is 23.3 Å². The number of halogens is 1. The number of carboxylic acid groups (broad SMARTS) is 1. The highest BCUT2D eigenvalue weighted by Crippen LogP contribution is 2.30. The lowest BCUT2D eigenvalue weighted by atomic mass is 10.1. The Morgan fingerprint density at radius 2 is 2.14 bits per heavy atom. The number of carbonyl (C=O) groups is 1. The molecule has 0 saturated heterocycles. The number of aliphatic carboxylic acids is 1. The van der Waals surface area contributed by atoms with Gasteiger partial charge in [-0.15, -0.1) is 0 Å². The van der Waals surface area contributed by atoms with Gasteiger partial charge >= 0.3 is 5.97 Å². The fraction of sp³-hybridized carbons (Fsp3) is 0.417. The molecule has 0 heterocycles. The highest BCUT2D eigenvalue weighted by Gasteiger charge is 2.32. The molecule has 0 aromatic heterocycles. The van der Waals surface area contributed by atoms with E-state index in [0.29, 0.717) is 12.8 Å². The molecule has 8 nitrogen and oxygen atoms in total. The molecule has 0 fully saturated rings. The molecule has 10 heteroatoms.